The summed E-state index contributed by atoms with van der Waals surface area (Å²) in [6, 6.07) is 18.1. The SMILES string of the molecule is Cc1cc(C)c([C@H](C)NC(=O)c2cc3c(ccc4ccccc43)o2)cc1C. The monoisotopic (exact) mass is 357 g/mol. The first-order chi connectivity index (χ1) is 12.9. The lowest BCUT2D eigenvalue weighted by Gasteiger charge is -2.17. The lowest BCUT2D eigenvalue weighted by molar-refractivity contribution is 0.0914. The molecule has 0 spiro atoms. The number of benzene rings is 3. The van der Waals surface area contributed by atoms with Gasteiger partial charge in [-0.25, -0.2) is 0 Å². The van der Waals surface area contributed by atoms with Gasteiger partial charge in [0.05, 0.1) is 6.04 Å². The number of hydrogen-bond donors (Lipinski definition) is 1. The van der Waals surface area contributed by atoms with Crippen molar-refractivity contribution >= 4 is 27.6 Å². The molecule has 1 atom stereocenters. The molecule has 3 aromatic carbocycles. The van der Waals surface area contributed by atoms with Gasteiger partial charge in [-0.15, -0.1) is 0 Å². The molecule has 0 radical (unpaired) electrons. The maximum atomic E-state index is 12.8. The van der Waals surface area contributed by atoms with Crippen LogP contribution >= 0.6 is 0 Å². The Hall–Kier alpha value is -3.07. The molecule has 3 nitrogen and oxygen atoms in total. The summed E-state index contributed by atoms with van der Waals surface area (Å²) in [5.74, 6) is 0.148. The number of nitrogens with one attached hydrogen (secondary N) is 1. The molecule has 0 aliphatic rings. The first-order valence-electron chi connectivity index (χ1n) is 9.24. The molecule has 1 heterocycles. The highest BCUT2D eigenvalue weighted by molar-refractivity contribution is 6.08. The Balaban J connectivity index is 1.65. The van der Waals surface area contributed by atoms with E-state index in [1.165, 1.54) is 16.7 Å². The Bertz CT molecular complexity index is 1170. The highest BCUT2D eigenvalue weighted by Gasteiger charge is 2.18. The molecule has 0 unspecified atom stereocenters. The first-order valence-corrected chi connectivity index (χ1v) is 9.24. The molecule has 136 valence electrons. The first kappa shape index (κ1) is 17.3. The number of carbonyl (C=O) groups is 1. The van der Waals surface area contributed by atoms with Crippen molar-refractivity contribution < 1.29 is 9.21 Å². The van der Waals surface area contributed by atoms with E-state index in [0.717, 1.165) is 27.3 Å². The lowest BCUT2D eigenvalue weighted by Crippen LogP contribution is -2.26. The predicted molar refractivity (Wildman–Crippen MR) is 110 cm³/mol. The number of carbonyl (C=O) groups excluding carboxylic acids is 1. The zero-order valence-electron chi connectivity index (χ0n) is 16.1. The summed E-state index contributed by atoms with van der Waals surface area (Å²) in [5, 5.41) is 6.27. The zero-order valence-corrected chi connectivity index (χ0v) is 16.1. The number of fused-ring (bicyclic) bond motifs is 3. The van der Waals surface area contributed by atoms with Crippen LogP contribution in [0.2, 0.25) is 0 Å². The van der Waals surface area contributed by atoms with Gasteiger partial charge in [0.25, 0.3) is 5.91 Å². The van der Waals surface area contributed by atoms with E-state index in [1.54, 1.807) is 0 Å². The molecular formula is C24H23NO2. The molecule has 1 aromatic heterocycles. The fourth-order valence-electron chi connectivity index (χ4n) is 3.70. The fraction of sp³-hybridized carbons (Fsp3) is 0.208. The van der Waals surface area contributed by atoms with Crippen LogP contribution < -0.4 is 5.32 Å². The van der Waals surface area contributed by atoms with Crippen LogP contribution in [0.5, 0.6) is 0 Å². The van der Waals surface area contributed by atoms with Gasteiger partial charge in [0, 0.05) is 5.39 Å². The molecule has 27 heavy (non-hydrogen) atoms. The van der Waals surface area contributed by atoms with Crippen molar-refractivity contribution in [1.29, 1.82) is 0 Å². The molecule has 0 fully saturated rings. The Kier molecular flexibility index (Phi) is 4.23. The Morgan fingerprint density at radius 1 is 0.889 bits per heavy atom. The average Bonchev–Trinajstić information content (AvgIpc) is 3.09. The summed E-state index contributed by atoms with van der Waals surface area (Å²) >= 11 is 0. The van der Waals surface area contributed by atoms with Crippen LogP contribution in [0, 0.1) is 20.8 Å². The summed E-state index contributed by atoms with van der Waals surface area (Å²) in [6.45, 7) is 8.29. The Morgan fingerprint density at radius 3 is 2.44 bits per heavy atom. The molecule has 3 heteroatoms. The quantitative estimate of drug-likeness (QED) is 0.488. The third kappa shape index (κ3) is 3.10. The molecule has 0 saturated carbocycles. The molecule has 0 aliphatic heterocycles. The third-order valence-electron chi connectivity index (χ3n) is 5.35. The number of furan rings is 1. The van der Waals surface area contributed by atoms with Crippen LogP contribution in [0.3, 0.4) is 0 Å². The van der Waals surface area contributed by atoms with Crippen LogP contribution in [0.25, 0.3) is 21.7 Å². The standard InChI is InChI=1S/C24H23NO2/c1-14-11-16(3)20(12-15(14)2)17(4)25-24(26)23-13-21-19-8-6-5-7-18(19)9-10-22(21)27-23/h5-13,17H,1-4H3,(H,25,26)/t17-/m0/s1. The van der Waals surface area contributed by atoms with Crippen molar-refractivity contribution in [3.63, 3.8) is 0 Å². The summed E-state index contributed by atoms with van der Waals surface area (Å²) in [5.41, 5.74) is 5.54. The maximum Gasteiger partial charge on any atom is 0.287 e. The summed E-state index contributed by atoms with van der Waals surface area (Å²) in [6.07, 6.45) is 0. The molecule has 0 aliphatic carbocycles. The van der Waals surface area contributed by atoms with Gasteiger partial charge in [-0.05, 0) is 72.9 Å². The molecule has 4 rings (SSSR count). The van der Waals surface area contributed by atoms with E-state index in [1.807, 2.05) is 37.3 Å². The second-order valence-electron chi connectivity index (χ2n) is 7.30. The van der Waals surface area contributed by atoms with Gasteiger partial charge in [-0.2, -0.15) is 0 Å². The summed E-state index contributed by atoms with van der Waals surface area (Å²) < 4.78 is 5.84. The summed E-state index contributed by atoms with van der Waals surface area (Å²) in [7, 11) is 0. The zero-order chi connectivity index (χ0) is 19.1. The van der Waals surface area contributed by atoms with Gasteiger partial charge in [0.2, 0.25) is 0 Å². The number of hydrogen-bond acceptors (Lipinski definition) is 2. The van der Waals surface area contributed by atoms with Gasteiger partial charge < -0.3 is 9.73 Å². The van der Waals surface area contributed by atoms with Crippen molar-refractivity contribution in [1.82, 2.24) is 5.32 Å². The van der Waals surface area contributed by atoms with Crippen molar-refractivity contribution in [2.45, 2.75) is 33.7 Å². The third-order valence-corrected chi connectivity index (χ3v) is 5.35. The van der Waals surface area contributed by atoms with E-state index >= 15 is 0 Å². The minimum Gasteiger partial charge on any atom is -0.451 e. The number of aryl methyl sites for hydroxylation is 3. The van der Waals surface area contributed by atoms with Crippen LogP contribution in [0.4, 0.5) is 0 Å². The van der Waals surface area contributed by atoms with Gasteiger partial charge in [-0.3, -0.25) is 4.79 Å². The molecular weight excluding hydrogens is 334 g/mol. The predicted octanol–water partition coefficient (Wildman–Crippen LogP) is 6.00. The topological polar surface area (TPSA) is 42.2 Å². The van der Waals surface area contributed by atoms with Crippen LogP contribution in [-0.4, -0.2) is 5.91 Å². The largest absolute Gasteiger partial charge is 0.451 e. The van der Waals surface area contributed by atoms with Crippen molar-refractivity contribution in [2.24, 2.45) is 0 Å². The maximum absolute atomic E-state index is 12.8. The van der Waals surface area contributed by atoms with E-state index in [9.17, 15) is 4.79 Å². The smallest absolute Gasteiger partial charge is 0.287 e. The second kappa shape index (κ2) is 6.58. The Morgan fingerprint density at radius 2 is 1.63 bits per heavy atom. The summed E-state index contributed by atoms with van der Waals surface area (Å²) in [4.78, 5) is 12.8. The van der Waals surface area contributed by atoms with E-state index in [-0.39, 0.29) is 11.9 Å². The van der Waals surface area contributed by atoms with Crippen molar-refractivity contribution in [3.05, 3.63) is 82.6 Å². The molecule has 1 amide bonds. The van der Waals surface area contributed by atoms with Gasteiger partial charge >= 0.3 is 0 Å². The van der Waals surface area contributed by atoms with Crippen molar-refractivity contribution in [2.75, 3.05) is 0 Å². The van der Waals surface area contributed by atoms with Gasteiger partial charge in [0.15, 0.2) is 5.76 Å². The number of rotatable bonds is 3. The van der Waals surface area contributed by atoms with Gasteiger partial charge in [-0.1, -0.05) is 42.5 Å². The van der Waals surface area contributed by atoms with Crippen LogP contribution in [0.1, 0.15) is 45.8 Å². The van der Waals surface area contributed by atoms with E-state index in [0.29, 0.717) is 5.76 Å². The molecule has 1 N–H and O–H groups in total. The second-order valence-corrected chi connectivity index (χ2v) is 7.30. The van der Waals surface area contributed by atoms with Crippen LogP contribution in [-0.2, 0) is 0 Å². The van der Waals surface area contributed by atoms with Crippen molar-refractivity contribution in [3.8, 4) is 0 Å². The average molecular weight is 357 g/mol. The van der Waals surface area contributed by atoms with E-state index in [2.05, 4.69) is 50.4 Å². The lowest BCUT2D eigenvalue weighted by atomic mass is 9.96. The van der Waals surface area contributed by atoms with E-state index in [4.69, 9.17) is 4.42 Å². The highest BCUT2D eigenvalue weighted by atomic mass is 16.3. The number of amides is 1. The van der Waals surface area contributed by atoms with E-state index < -0.39 is 0 Å². The highest BCUT2D eigenvalue weighted by Crippen LogP contribution is 2.29. The fourth-order valence-corrected chi connectivity index (χ4v) is 3.70. The molecule has 4 aromatic rings. The molecule has 0 saturated heterocycles. The normalized spacial score (nSPS) is 12.4. The Labute approximate surface area is 159 Å². The molecule has 0 bridgehead atoms. The minimum atomic E-state index is -0.194. The van der Waals surface area contributed by atoms with Crippen LogP contribution in [0.15, 0.2) is 59.0 Å². The minimum absolute atomic E-state index is 0.0956. The van der Waals surface area contributed by atoms with Gasteiger partial charge in [0.1, 0.15) is 5.58 Å².